The molecule has 3 rings (SSSR count). The Labute approximate surface area is 134 Å². The van der Waals surface area contributed by atoms with Gasteiger partial charge in [-0.1, -0.05) is 13.8 Å². The van der Waals surface area contributed by atoms with Gasteiger partial charge in [-0.2, -0.15) is 0 Å². The molecule has 0 bridgehead atoms. The highest BCUT2D eigenvalue weighted by atomic mass is 16.5. The van der Waals surface area contributed by atoms with Gasteiger partial charge in [0.25, 0.3) is 0 Å². The zero-order valence-electron chi connectivity index (χ0n) is 14.1. The second-order valence-corrected chi connectivity index (χ2v) is 7.60. The summed E-state index contributed by atoms with van der Waals surface area (Å²) in [4.78, 5) is 14.6. The highest BCUT2D eigenvalue weighted by Crippen LogP contribution is 2.44. The molecule has 126 valence electrons. The molecule has 2 amide bonds. The Morgan fingerprint density at radius 2 is 2.09 bits per heavy atom. The summed E-state index contributed by atoms with van der Waals surface area (Å²) in [6.45, 7) is 10.0. The Bertz CT molecular complexity index is 395. The van der Waals surface area contributed by atoms with Crippen molar-refractivity contribution in [3.8, 4) is 0 Å². The number of piperidine rings is 1. The van der Waals surface area contributed by atoms with Gasteiger partial charge in [-0.15, -0.1) is 0 Å². The van der Waals surface area contributed by atoms with E-state index in [0.29, 0.717) is 17.8 Å². The maximum Gasteiger partial charge on any atom is 0.317 e. The smallest absolute Gasteiger partial charge is 0.317 e. The molecular formula is C17H31N3O2. The van der Waals surface area contributed by atoms with E-state index in [1.807, 2.05) is 0 Å². The lowest BCUT2D eigenvalue weighted by Gasteiger charge is -2.53. The first-order chi connectivity index (χ1) is 10.6. The van der Waals surface area contributed by atoms with E-state index in [2.05, 4.69) is 29.4 Å². The average molecular weight is 309 g/mol. The van der Waals surface area contributed by atoms with Crippen LogP contribution in [0.15, 0.2) is 0 Å². The van der Waals surface area contributed by atoms with Crippen LogP contribution in [0.25, 0.3) is 0 Å². The van der Waals surface area contributed by atoms with Gasteiger partial charge in [-0.25, -0.2) is 4.79 Å². The molecule has 0 aromatic carbocycles. The summed E-state index contributed by atoms with van der Waals surface area (Å²) in [6, 6.07) is 0.140. The molecule has 3 aliphatic rings. The van der Waals surface area contributed by atoms with Gasteiger partial charge in [-0.3, -0.25) is 0 Å². The van der Waals surface area contributed by atoms with Gasteiger partial charge in [0.15, 0.2) is 0 Å². The zero-order chi connectivity index (χ0) is 15.6. The normalized spacial score (nSPS) is 34.2. The zero-order valence-corrected chi connectivity index (χ0v) is 14.1. The van der Waals surface area contributed by atoms with Gasteiger partial charge >= 0.3 is 6.03 Å². The van der Waals surface area contributed by atoms with Crippen LogP contribution in [0.1, 0.15) is 39.5 Å². The number of hydrogen-bond donors (Lipinski definition) is 2. The molecule has 2 unspecified atom stereocenters. The summed E-state index contributed by atoms with van der Waals surface area (Å²) >= 11 is 0. The van der Waals surface area contributed by atoms with Gasteiger partial charge in [0.2, 0.25) is 0 Å². The van der Waals surface area contributed by atoms with Crippen molar-refractivity contribution < 1.29 is 9.53 Å². The van der Waals surface area contributed by atoms with E-state index in [-0.39, 0.29) is 11.6 Å². The minimum atomic E-state index is -0.00495. The summed E-state index contributed by atoms with van der Waals surface area (Å²) in [5, 5.41) is 6.49. The minimum Gasteiger partial charge on any atom is -0.381 e. The molecule has 3 heterocycles. The van der Waals surface area contributed by atoms with Gasteiger partial charge in [0, 0.05) is 25.6 Å². The van der Waals surface area contributed by atoms with E-state index in [4.69, 9.17) is 4.74 Å². The molecule has 0 radical (unpaired) electrons. The van der Waals surface area contributed by atoms with Crippen molar-refractivity contribution in [3.63, 3.8) is 0 Å². The molecule has 5 heteroatoms. The molecule has 2 N–H and O–H groups in total. The molecule has 22 heavy (non-hydrogen) atoms. The number of amides is 2. The minimum absolute atomic E-state index is 0.00495. The van der Waals surface area contributed by atoms with Crippen LogP contribution < -0.4 is 10.6 Å². The first-order valence-corrected chi connectivity index (χ1v) is 8.97. The topological polar surface area (TPSA) is 53.6 Å². The van der Waals surface area contributed by atoms with Crippen molar-refractivity contribution in [2.24, 2.45) is 17.8 Å². The number of carbonyl (C=O) groups excluding carboxylic acids is 1. The van der Waals surface area contributed by atoms with E-state index in [1.54, 1.807) is 0 Å². The summed E-state index contributed by atoms with van der Waals surface area (Å²) in [5.74, 6) is 1.75. The molecule has 2 atom stereocenters. The number of hydrogen-bond acceptors (Lipinski definition) is 3. The Morgan fingerprint density at radius 1 is 1.32 bits per heavy atom. The van der Waals surface area contributed by atoms with Crippen molar-refractivity contribution in [2.45, 2.75) is 45.1 Å². The largest absolute Gasteiger partial charge is 0.381 e. The third kappa shape index (κ3) is 2.98. The Kier molecular flexibility index (Phi) is 4.93. The lowest BCUT2D eigenvalue weighted by Crippen LogP contribution is -2.62. The van der Waals surface area contributed by atoms with Gasteiger partial charge < -0.3 is 20.3 Å². The average Bonchev–Trinajstić information content (AvgIpc) is 2.95. The first-order valence-electron chi connectivity index (χ1n) is 8.97. The number of rotatable bonds is 4. The van der Waals surface area contributed by atoms with Crippen LogP contribution in [-0.4, -0.2) is 55.9 Å². The molecule has 0 aliphatic carbocycles. The number of nitrogens with zero attached hydrogens (tertiary/aromatic N) is 1. The fourth-order valence-electron chi connectivity index (χ4n) is 4.92. The van der Waals surface area contributed by atoms with Gasteiger partial charge in [0.05, 0.1) is 12.1 Å². The van der Waals surface area contributed by atoms with Crippen LogP contribution in [0.2, 0.25) is 0 Å². The van der Waals surface area contributed by atoms with Crippen LogP contribution in [0.4, 0.5) is 4.79 Å². The Balaban J connectivity index is 1.90. The third-order valence-electron chi connectivity index (χ3n) is 5.78. The molecular weight excluding hydrogens is 278 g/mol. The van der Waals surface area contributed by atoms with E-state index < -0.39 is 0 Å². The summed E-state index contributed by atoms with van der Waals surface area (Å²) < 4.78 is 5.89. The lowest BCUT2D eigenvalue weighted by atomic mass is 9.66. The molecule has 3 aliphatic heterocycles. The number of ether oxygens (including phenoxy) is 1. The monoisotopic (exact) mass is 309 g/mol. The van der Waals surface area contributed by atoms with E-state index in [0.717, 1.165) is 52.2 Å². The molecule has 3 saturated heterocycles. The SMILES string of the molecule is CC(C)CC1(N2CCNC2=O)CCOCC1C1CCNCC1. The van der Waals surface area contributed by atoms with Gasteiger partial charge in [-0.05, 0) is 50.6 Å². The predicted octanol–water partition coefficient (Wildman–Crippen LogP) is 1.83. The first kappa shape index (κ1) is 16.1. The van der Waals surface area contributed by atoms with Crippen LogP contribution in [0, 0.1) is 17.8 Å². The standard InChI is InChI=1S/C17H31N3O2/c1-13(2)11-17(20-9-8-19-16(20)21)5-10-22-12-15(17)14-3-6-18-7-4-14/h13-15,18H,3-12H2,1-2H3,(H,19,21). The highest BCUT2D eigenvalue weighted by Gasteiger charge is 2.51. The number of nitrogens with one attached hydrogen (secondary N) is 2. The van der Waals surface area contributed by atoms with Crippen molar-refractivity contribution in [2.75, 3.05) is 39.4 Å². The molecule has 0 saturated carbocycles. The summed E-state index contributed by atoms with van der Waals surface area (Å²) in [5.41, 5.74) is -0.00495. The summed E-state index contributed by atoms with van der Waals surface area (Å²) in [7, 11) is 0. The van der Waals surface area contributed by atoms with Crippen molar-refractivity contribution in [1.82, 2.24) is 15.5 Å². The van der Waals surface area contributed by atoms with Crippen LogP contribution in [0.3, 0.4) is 0 Å². The third-order valence-corrected chi connectivity index (χ3v) is 5.78. The fraction of sp³-hybridized carbons (Fsp3) is 0.941. The van der Waals surface area contributed by atoms with Crippen molar-refractivity contribution >= 4 is 6.03 Å². The molecule has 5 nitrogen and oxygen atoms in total. The molecule has 0 aromatic heterocycles. The molecule has 0 spiro atoms. The number of urea groups is 1. The molecule has 0 aromatic rings. The van der Waals surface area contributed by atoms with E-state index in [1.165, 1.54) is 12.8 Å². The van der Waals surface area contributed by atoms with E-state index in [9.17, 15) is 4.79 Å². The highest BCUT2D eigenvalue weighted by molar-refractivity contribution is 5.77. The predicted molar refractivity (Wildman–Crippen MR) is 86.8 cm³/mol. The van der Waals surface area contributed by atoms with Crippen LogP contribution in [0.5, 0.6) is 0 Å². The Morgan fingerprint density at radius 3 is 2.73 bits per heavy atom. The summed E-state index contributed by atoms with van der Waals surface area (Å²) in [6.07, 6.45) is 4.51. The van der Waals surface area contributed by atoms with Crippen molar-refractivity contribution in [1.29, 1.82) is 0 Å². The van der Waals surface area contributed by atoms with E-state index >= 15 is 0 Å². The van der Waals surface area contributed by atoms with Crippen LogP contribution in [-0.2, 0) is 4.74 Å². The quantitative estimate of drug-likeness (QED) is 0.833. The van der Waals surface area contributed by atoms with Crippen molar-refractivity contribution in [3.05, 3.63) is 0 Å². The maximum absolute atomic E-state index is 12.5. The Hall–Kier alpha value is -0.810. The van der Waals surface area contributed by atoms with Crippen LogP contribution >= 0.6 is 0 Å². The maximum atomic E-state index is 12.5. The fourth-order valence-corrected chi connectivity index (χ4v) is 4.92. The van der Waals surface area contributed by atoms with Gasteiger partial charge in [0.1, 0.15) is 0 Å². The second kappa shape index (κ2) is 6.75. The number of carbonyl (C=O) groups is 1. The molecule has 3 fully saturated rings. The lowest BCUT2D eigenvalue weighted by molar-refractivity contribution is -0.0890. The second-order valence-electron chi connectivity index (χ2n) is 7.60.